The summed E-state index contributed by atoms with van der Waals surface area (Å²) in [5.74, 6) is 0.160. The van der Waals surface area contributed by atoms with E-state index in [9.17, 15) is 26.4 Å². The Bertz CT molecular complexity index is 719. The molecule has 0 bridgehead atoms. The molecule has 2 atom stereocenters. The summed E-state index contributed by atoms with van der Waals surface area (Å²) < 4.78 is 69.8. The third kappa shape index (κ3) is 5.49. The molecule has 140 valence electrons. The molecule has 0 aromatic heterocycles. The Labute approximate surface area is 142 Å². The Balaban J connectivity index is 2.02. The number of alkyl halides is 3. The predicted molar refractivity (Wildman–Crippen MR) is 79.8 cm³/mol. The second-order valence-electron chi connectivity index (χ2n) is 5.58. The van der Waals surface area contributed by atoms with Crippen LogP contribution in [-0.2, 0) is 20.5 Å². The Morgan fingerprint density at radius 2 is 1.92 bits per heavy atom. The van der Waals surface area contributed by atoms with E-state index in [-0.39, 0.29) is 25.3 Å². The first kappa shape index (κ1) is 19.3. The van der Waals surface area contributed by atoms with Crippen LogP contribution in [-0.4, -0.2) is 56.1 Å². The Morgan fingerprint density at radius 3 is 2.40 bits per heavy atom. The molecule has 0 unspecified atom stereocenters. The number of hydrogen-bond donors (Lipinski definition) is 1. The Hall–Kier alpha value is -2.01. The summed E-state index contributed by atoms with van der Waals surface area (Å²) in [5, 5.41) is 9.16. The fraction of sp³-hybridized carbons (Fsp3) is 0.500. The number of nitrogens with zero attached hydrogens (tertiary/aromatic N) is 1. The molecular formula is C14H16F3NO6S. The lowest BCUT2D eigenvalue weighted by Gasteiger charge is -2.19. The van der Waals surface area contributed by atoms with Crippen LogP contribution in [0.5, 0.6) is 5.75 Å². The van der Waals surface area contributed by atoms with E-state index in [2.05, 4.69) is 4.18 Å². The van der Waals surface area contributed by atoms with Crippen LogP contribution < -0.4 is 4.74 Å². The minimum absolute atomic E-state index is 0.0475. The number of carbonyl (C=O) groups is 1. The molecule has 0 radical (unpaired) electrons. The summed E-state index contributed by atoms with van der Waals surface area (Å²) in [5.41, 5.74) is -0.821. The van der Waals surface area contributed by atoms with Gasteiger partial charge >= 0.3 is 12.3 Å². The van der Waals surface area contributed by atoms with E-state index in [0.717, 1.165) is 35.4 Å². The van der Waals surface area contributed by atoms with E-state index < -0.39 is 40.1 Å². The zero-order valence-electron chi connectivity index (χ0n) is 13.1. The van der Waals surface area contributed by atoms with Crippen molar-refractivity contribution in [1.82, 2.24) is 4.90 Å². The van der Waals surface area contributed by atoms with Gasteiger partial charge in [-0.1, -0.05) is 0 Å². The molecule has 0 spiro atoms. The van der Waals surface area contributed by atoms with E-state index in [4.69, 9.17) is 9.84 Å². The number of amides is 1. The number of hydrogen-bond acceptors (Lipinski definition) is 5. The van der Waals surface area contributed by atoms with Crippen molar-refractivity contribution < 1.29 is 40.4 Å². The number of rotatable bonds is 5. The van der Waals surface area contributed by atoms with E-state index in [0.29, 0.717) is 0 Å². The van der Waals surface area contributed by atoms with Crippen molar-refractivity contribution in [3.05, 3.63) is 29.8 Å². The van der Waals surface area contributed by atoms with E-state index in [1.165, 1.54) is 0 Å². The minimum atomic E-state index is -4.46. The monoisotopic (exact) mass is 383 g/mol. The summed E-state index contributed by atoms with van der Waals surface area (Å²) in [6.07, 6.45) is -5.34. The maximum Gasteiger partial charge on any atom is 0.416 e. The van der Waals surface area contributed by atoms with E-state index >= 15 is 0 Å². The molecule has 1 aromatic carbocycles. The molecule has 1 saturated heterocycles. The molecule has 7 nitrogen and oxygen atoms in total. The molecule has 1 fully saturated rings. The predicted octanol–water partition coefficient (Wildman–Crippen LogP) is 2.18. The van der Waals surface area contributed by atoms with Crippen LogP contribution in [0.1, 0.15) is 12.0 Å². The number of likely N-dealkylation sites (tertiary alicyclic amines) is 1. The molecule has 1 N–H and O–H groups in total. The lowest BCUT2D eigenvalue weighted by atomic mass is 10.2. The molecule has 1 aliphatic rings. The SMILES string of the molecule is CS(=O)(=O)OC[C@@H]1C[C@H](Oc2ccc(C(F)(F)F)cc2)CN1C(=O)O. The number of ether oxygens (including phenoxy) is 1. The first-order chi connectivity index (χ1) is 11.5. The largest absolute Gasteiger partial charge is 0.489 e. The maximum absolute atomic E-state index is 12.5. The molecule has 1 amide bonds. The highest BCUT2D eigenvalue weighted by molar-refractivity contribution is 7.85. The number of halogens is 3. The van der Waals surface area contributed by atoms with Crippen molar-refractivity contribution in [3.63, 3.8) is 0 Å². The fourth-order valence-corrected chi connectivity index (χ4v) is 2.87. The third-order valence-electron chi connectivity index (χ3n) is 3.58. The normalized spacial score (nSPS) is 21.4. The van der Waals surface area contributed by atoms with Gasteiger partial charge in [0, 0.05) is 6.42 Å². The van der Waals surface area contributed by atoms with Gasteiger partial charge in [-0.25, -0.2) is 4.79 Å². The molecule has 1 aliphatic heterocycles. The summed E-state index contributed by atoms with van der Waals surface area (Å²) in [6.45, 7) is -0.397. The number of benzene rings is 1. The highest BCUT2D eigenvalue weighted by atomic mass is 32.2. The lowest BCUT2D eigenvalue weighted by molar-refractivity contribution is -0.137. The molecule has 25 heavy (non-hydrogen) atoms. The average molecular weight is 383 g/mol. The zero-order chi connectivity index (χ0) is 18.8. The first-order valence-corrected chi connectivity index (χ1v) is 8.95. The smallest absolute Gasteiger partial charge is 0.416 e. The lowest BCUT2D eigenvalue weighted by Crippen LogP contribution is -2.38. The van der Waals surface area contributed by atoms with Gasteiger partial charge in [0.1, 0.15) is 11.9 Å². The number of carboxylic acid groups (broad SMARTS) is 1. The molecule has 0 saturated carbocycles. The molecule has 2 rings (SSSR count). The van der Waals surface area contributed by atoms with Crippen molar-refractivity contribution in [2.75, 3.05) is 19.4 Å². The van der Waals surface area contributed by atoms with Crippen LogP contribution in [0.15, 0.2) is 24.3 Å². The summed E-state index contributed by atoms with van der Waals surface area (Å²) >= 11 is 0. The van der Waals surface area contributed by atoms with Crippen molar-refractivity contribution in [3.8, 4) is 5.75 Å². The van der Waals surface area contributed by atoms with E-state index in [1.807, 2.05) is 0 Å². The van der Waals surface area contributed by atoms with Gasteiger partial charge in [-0.3, -0.25) is 9.08 Å². The fourth-order valence-electron chi connectivity index (χ4n) is 2.47. The van der Waals surface area contributed by atoms with Gasteiger partial charge in [-0.05, 0) is 24.3 Å². The van der Waals surface area contributed by atoms with Crippen LogP contribution in [0.4, 0.5) is 18.0 Å². The minimum Gasteiger partial charge on any atom is -0.489 e. The first-order valence-electron chi connectivity index (χ1n) is 7.13. The summed E-state index contributed by atoms with van der Waals surface area (Å²) in [7, 11) is -3.72. The molecule has 1 heterocycles. The van der Waals surface area contributed by atoms with Crippen molar-refractivity contribution in [2.45, 2.75) is 24.7 Å². The van der Waals surface area contributed by atoms with Crippen molar-refractivity contribution in [2.24, 2.45) is 0 Å². The molecule has 0 aliphatic carbocycles. The maximum atomic E-state index is 12.5. The van der Waals surface area contributed by atoms with Crippen molar-refractivity contribution >= 4 is 16.2 Å². The quantitative estimate of drug-likeness (QED) is 0.784. The summed E-state index contributed by atoms with van der Waals surface area (Å²) in [4.78, 5) is 12.2. The average Bonchev–Trinajstić information content (AvgIpc) is 2.87. The second-order valence-corrected chi connectivity index (χ2v) is 7.22. The molecular weight excluding hydrogens is 367 g/mol. The standard InChI is InChI=1S/C14H16F3NO6S/c1-25(21,22)23-8-10-6-12(7-18(10)13(19)20)24-11-4-2-9(3-5-11)14(15,16)17/h2-5,10,12H,6-8H2,1H3,(H,19,20)/t10-,12-/m0/s1. The molecule has 1 aromatic rings. The highest BCUT2D eigenvalue weighted by Gasteiger charge is 2.37. The Kier molecular flexibility index (Phi) is 5.47. The Morgan fingerprint density at radius 1 is 1.32 bits per heavy atom. The van der Waals surface area contributed by atoms with Gasteiger partial charge in [0.15, 0.2) is 0 Å². The van der Waals surface area contributed by atoms with Crippen LogP contribution in [0.25, 0.3) is 0 Å². The van der Waals surface area contributed by atoms with Crippen molar-refractivity contribution in [1.29, 1.82) is 0 Å². The van der Waals surface area contributed by atoms with Gasteiger partial charge < -0.3 is 9.84 Å². The van der Waals surface area contributed by atoms with Crippen LogP contribution in [0.3, 0.4) is 0 Å². The third-order valence-corrected chi connectivity index (χ3v) is 4.14. The van der Waals surface area contributed by atoms with Gasteiger partial charge in [0.05, 0.1) is 31.0 Å². The van der Waals surface area contributed by atoms with Gasteiger partial charge in [-0.15, -0.1) is 0 Å². The zero-order valence-corrected chi connectivity index (χ0v) is 13.9. The second kappa shape index (κ2) is 7.08. The van der Waals surface area contributed by atoms with Gasteiger partial charge in [0.25, 0.3) is 10.1 Å². The highest BCUT2D eigenvalue weighted by Crippen LogP contribution is 2.31. The van der Waals surface area contributed by atoms with E-state index in [1.54, 1.807) is 0 Å². The van der Waals surface area contributed by atoms with Gasteiger partial charge in [0.2, 0.25) is 0 Å². The van der Waals surface area contributed by atoms with Crippen LogP contribution in [0.2, 0.25) is 0 Å². The topological polar surface area (TPSA) is 93.1 Å². The molecule has 11 heteroatoms. The van der Waals surface area contributed by atoms with Crippen LogP contribution >= 0.6 is 0 Å². The van der Waals surface area contributed by atoms with Gasteiger partial charge in [-0.2, -0.15) is 21.6 Å². The van der Waals surface area contributed by atoms with Crippen LogP contribution in [0, 0.1) is 0 Å². The summed E-state index contributed by atoms with van der Waals surface area (Å²) in [6, 6.07) is 3.29.